The summed E-state index contributed by atoms with van der Waals surface area (Å²) in [7, 11) is -4.32. The van der Waals surface area contributed by atoms with Gasteiger partial charge in [-0.1, -0.05) is 142 Å². The van der Waals surface area contributed by atoms with E-state index in [1.807, 2.05) is 12.2 Å². The highest BCUT2D eigenvalue weighted by Gasteiger charge is 2.25. The second-order valence-electron chi connectivity index (χ2n) is 12.2. The van der Waals surface area contributed by atoms with Crippen LogP contribution in [0.2, 0.25) is 0 Å². The van der Waals surface area contributed by atoms with Crippen molar-refractivity contribution < 1.29 is 37.6 Å². The number of unbranched alkanes of at least 4 members (excludes halogenated alkanes) is 3. The molecule has 0 aliphatic heterocycles. The minimum atomic E-state index is -4.32. The molecule has 0 aromatic rings. The van der Waals surface area contributed by atoms with Crippen molar-refractivity contribution in [1.82, 2.24) is 0 Å². The number of esters is 2. The van der Waals surface area contributed by atoms with E-state index in [2.05, 4.69) is 117 Å². The van der Waals surface area contributed by atoms with Crippen LogP contribution in [0, 0.1) is 0 Å². The lowest BCUT2D eigenvalue weighted by Crippen LogP contribution is -2.29. The highest BCUT2D eigenvalue weighted by atomic mass is 31.2. The van der Waals surface area contributed by atoms with Gasteiger partial charge in [-0.05, 0) is 90.4 Å². The smallest absolute Gasteiger partial charge is 0.461 e. The second-order valence-corrected chi connectivity index (χ2v) is 13.7. The van der Waals surface area contributed by atoms with Gasteiger partial charge < -0.3 is 14.4 Å². The number of hydrogen-bond acceptors (Lipinski definition) is 7. The van der Waals surface area contributed by atoms with Crippen LogP contribution in [-0.4, -0.2) is 42.8 Å². The maximum atomic E-state index is 12.5. The molecule has 0 aliphatic carbocycles. The van der Waals surface area contributed by atoms with Crippen LogP contribution in [0.3, 0.4) is 0 Å². The molecule has 2 atom stereocenters. The zero-order valence-corrected chi connectivity index (χ0v) is 34.2. The van der Waals surface area contributed by atoms with Crippen LogP contribution in [0.25, 0.3) is 0 Å². The van der Waals surface area contributed by atoms with E-state index in [9.17, 15) is 19.0 Å². The Labute approximate surface area is 327 Å². The number of phosphoric acid groups is 1. The van der Waals surface area contributed by atoms with Crippen LogP contribution in [0.5, 0.6) is 0 Å². The average molecular weight is 769 g/mol. The van der Waals surface area contributed by atoms with Gasteiger partial charge in [-0.15, -0.1) is 0 Å². The zero-order valence-electron chi connectivity index (χ0n) is 33.3. The van der Waals surface area contributed by atoms with Crippen molar-refractivity contribution in [2.45, 2.75) is 130 Å². The van der Waals surface area contributed by atoms with E-state index >= 15 is 0 Å². The van der Waals surface area contributed by atoms with Crippen LogP contribution in [-0.2, 0) is 32.7 Å². The molecule has 9 heteroatoms. The van der Waals surface area contributed by atoms with Crippen LogP contribution >= 0.6 is 7.82 Å². The zero-order chi connectivity index (χ0) is 39.6. The molecule has 0 spiro atoms. The average Bonchev–Trinajstić information content (AvgIpc) is 3.15. The molecule has 8 nitrogen and oxygen atoms in total. The molecule has 0 heterocycles. The molecule has 1 N–H and O–H groups in total. The first-order chi connectivity index (χ1) is 26.3. The van der Waals surface area contributed by atoms with E-state index in [4.69, 9.17) is 18.5 Å². The first-order valence-electron chi connectivity index (χ1n) is 19.8. The van der Waals surface area contributed by atoms with Crippen LogP contribution in [0.1, 0.15) is 124 Å². The van der Waals surface area contributed by atoms with Crippen LogP contribution in [0.4, 0.5) is 0 Å². The highest BCUT2D eigenvalue weighted by molar-refractivity contribution is 7.47. The summed E-state index contributed by atoms with van der Waals surface area (Å²) in [4.78, 5) is 34.6. The lowest BCUT2D eigenvalue weighted by atomic mass is 10.1. The molecule has 0 aromatic heterocycles. The highest BCUT2D eigenvalue weighted by Crippen LogP contribution is 2.43. The SMILES string of the molecule is CC/C=C\C/C=C\C/C=C\C/C=C\C/C=C\CCCCCC(=O)OC(COC(=O)C/C=C\C/C=C\C/C=C\C/C=C\C/C=C\CC)COP(=O)(O)OCC. The number of allylic oxidation sites excluding steroid dienone is 19. The molecule has 2 unspecified atom stereocenters. The molecule has 0 radical (unpaired) electrons. The quantitative estimate of drug-likeness (QED) is 0.0298. The van der Waals surface area contributed by atoms with Gasteiger partial charge in [0.25, 0.3) is 0 Å². The topological polar surface area (TPSA) is 108 Å². The summed E-state index contributed by atoms with van der Waals surface area (Å²) in [5.74, 6) is -0.999. The Balaban J connectivity index is 4.36. The third-order valence-electron chi connectivity index (χ3n) is 7.30. The molecule has 0 amide bonds. The Morgan fingerprint density at radius 1 is 0.519 bits per heavy atom. The van der Waals surface area contributed by atoms with E-state index in [0.29, 0.717) is 12.8 Å². The van der Waals surface area contributed by atoms with E-state index in [-0.39, 0.29) is 26.1 Å². The monoisotopic (exact) mass is 768 g/mol. The second kappa shape index (κ2) is 39.2. The Kier molecular flexibility index (Phi) is 36.6. The fraction of sp³-hybridized carbons (Fsp3) is 0.511. The molecule has 0 bridgehead atoms. The maximum absolute atomic E-state index is 12.5. The number of carbonyl (C=O) groups excluding carboxylic acids is 2. The third-order valence-corrected chi connectivity index (χ3v) is 8.36. The summed E-state index contributed by atoms with van der Waals surface area (Å²) in [6, 6.07) is 0. The largest absolute Gasteiger partial charge is 0.472 e. The minimum Gasteiger partial charge on any atom is -0.461 e. The van der Waals surface area contributed by atoms with Crippen molar-refractivity contribution in [3.8, 4) is 0 Å². The summed E-state index contributed by atoms with van der Waals surface area (Å²) in [5, 5.41) is 0. The summed E-state index contributed by atoms with van der Waals surface area (Å²) >= 11 is 0. The van der Waals surface area contributed by atoms with Gasteiger partial charge >= 0.3 is 19.8 Å². The van der Waals surface area contributed by atoms with Crippen molar-refractivity contribution in [2.75, 3.05) is 19.8 Å². The van der Waals surface area contributed by atoms with E-state index in [0.717, 1.165) is 77.0 Å². The molecule has 0 saturated heterocycles. The molecule has 54 heavy (non-hydrogen) atoms. The Morgan fingerprint density at radius 2 is 0.944 bits per heavy atom. The van der Waals surface area contributed by atoms with Crippen LogP contribution < -0.4 is 0 Å². The lowest BCUT2D eigenvalue weighted by Gasteiger charge is -2.19. The standard InChI is InChI=1S/C45H69O8P/c1-4-7-9-11-13-15-17-19-21-22-23-24-26-28-30-32-34-36-38-40-45(47)53-43(42-52-54(48,49)51-6-3)41-50-44(46)39-37-35-33-31-29-27-25-20-18-16-14-12-10-8-5-2/h7-10,13-16,19-21,23-25,28-31,35,37,43H,4-6,11-12,17-18,22,26-27,32-34,36,38-42H2,1-3H3,(H,48,49)/b9-7-,10-8-,15-13-,16-14-,21-19-,24-23-,25-20-,30-28-,31-29-,37-35-. The molecule has 0 aromatic carbocycles. The fourth-order valence-electron chi connectivity index (χ4n) is 4.49. The maximum Gasteiger partial charge on any atom is 0.472 e. The van der Waals surface area contributed by atoms with Gasteiger partial charge in [0.2, 0.25) is 0 Å². The molecule has 0 saturated carbocycles. The van der Waals surface area contributed by atoms with Crippen molar-refractivity contribution in [3.63, 3.8) is 0 Å². The number of carbonyl (C=O) groups is 2. The summed E-state index contributed by atoms with van der Waals surface area (Å²) in [6.07, 6.45) is 54.2. The number of phosphoric ester groups is 1. The predicted octanol–water partition coefficient (Wildman–Crippen LogP) is 12.4. The number of hydrogen-bond donors (Lipinski definition) is 1. The van der Waals surface area contributed by atoms with Gasteiger partial charge in [0, 0.05) is 6.42 Å². The van der Waals surface area contributed by atoms with Gasteiger partial charge in [0.1, 0.15) is 6.61 Å². The minimum absolute atomic E-state index is 0.0277. The van der Waals surface area contributed by atoms with Gasteiger partial charge in [0.15, 0.2) is 6.10 Å². The van der Waals surface area contributed by atoms with Gasteiger partial charge in [-0.25, -0.2) is 4.57 Å². The van der Waals surface area contributed by atoms with Crippen molar-refractivity contribution >= 4 is 19.8 Å². The van der Waals surface area contributed by atoms with Gasteiger partial charge in [-0.3, -0.25) is 18.6 Å². The lowest BCUT2D eigenvalue weighted by molar-refractivity contribution is -0.160. The summed E-state index contributed by atoms with van der Waals surface area (Å²) in [5.41, 5.74) is 0. The first-order valence-corrected chi connectivity index (χ1v) is 21.3. The van der Waals surface area contributed by atoms with E-state index in [1.54, 1.807) is 13.0 Å². The van der Waals surface area contributed by atoms with Gasteiger partial charge in [-0.2, -0.15) is 0 Å². The van der Waals surface area contributed by atoms with Crippen LogP contribution in [0.15, 0.2) is 122 Å². The summed E-state index contributed by atoms with van der Waals surface area (Å²) < 4.78 is 32.4. The number of rotatable bonds is 34. The number of ether oxygens (including phenoxy) is 2. The van der Waals surface area contributed by atoms with Gasteiger partial charge in [0.05, 0.1) is 19.6 Å². The Bertz CT molecular complexity index is 1280. The molecule has 0 rings (SSSR count). The third kappa shape index (κ3) is 38.2. The fourth-order valence-corrected chi connectivity index (χ4v) is 5.25. The van der Waals surface area contributed by atoms with Crippen molar-refractivity contribution in [2.24, 2.45) is 0 Å². The molecular weight excluding hydrogens is 699 g/mol. The Morgan fingerprint density at radius 3 is 1.39 bits per heavy atom. The molecular formula is C45H69O8P. The predicted molar refractivity (Wildman–Crippen MR) is 225 cm³/mol. The molecule has 302 valence electrons. The van der Waals surface area contributed by atoms with Crippen molar-refractivity contribution in [3.05, 3.63) is 122 Å². The molecule has 0 aliphatic rings. The van der Waals surface area contributed by atoms with Crippen molar-refractivity contribution in [1.29, 1.82) is 0 Å². The first kappa shape index (κ1) is 50.5. The Hall–Kier alpha value is -3.55. The normalized spacial score (nSPS) is 14.7. The van der Waals surface area contributed by atoms with E-state index < -0.39 is 32.5 Å². The molecule has 0 fully saturated rings. The van der Waals surface area contributed by atoms with E-state index in [1.165, 1.54) is 0 Å². The summed E-state index contributed by atoms with van der Waals surface area (Å²) in [6.45, 7) is 5.05.